The van der Waals surface area contributed by atoms with Gasteiger partial charge in [-0.1, -0.05) is 60.2 Å². The van der Waals surface area contributed by atoms with Gasteiger partial charge < -0.3 is 4.90 Å². The minimum absolute atomic E-state index is 0.165. The number of nitrogens with zero attached hydrogens (tertiary/aromatic N) is 3. The number of hydrogen-bond donors (Lipinski definition) is 0. The van der Waals surface area contributed by atoms with Crippen molar-refractivity contribution in [3.05, 3.63) is 77.0 Å². The van der Waals surface area contributed by atoms with Crippen LogP contribution in [0.25, 0.3) is 5.57 Å². The van der Waals surface area contributed by atoms with E-state index in [2.05, 4.69) is 34.1 Å². The van der Waals surface area contributed by atoms with Gasteiger partial charge >= 0.3 is 0 Å². The monoisotopic (exact) mass is 403 g/mol. The molecule has 156 valence electrons. The van der Waals surface area contributed by atoms with Crippen LogP contribution in [0.3, 0.4) is 0 Å². The zero-order valence-electron chi connectivity index (χ0n) is 18.0. The van der Waals surface area contributed by atoms with E-state index in [0.29, 0.717) is 11.3 Å². The largest absolute Gasteiger partial charge is 0.364 e. The van der Waals surface area contributed by atoms with E-state index in [0.717, 1.165) is 43.9 Å². The van der Waals surface area contributed by atoms with Gasteiger partial charge in [-0.2, -0.15) is 0 Å². The Balaban J connectivity index is 1.58. The average molecular weight is 404 g/mol. The number of aryl methyl sites for hydroxylation is 1. The second kappa shape index (κ2) is 8.44. The molecule has 2 heterocycles. The normalized spacial score (nSPS) is 18.1. The average Bonchev–Trinajstić information content (AvgIpc) is 3.00. The molecule has 4 rings (SSSR count). The molecule has 0 radical (unpaired) electrons. The Labute approximate surface area is 178 Å². The Bertz CT molecular complexity index is 956. The van der Waals surface area contributed by atoms with Crippen molar-refractivity contribution in [3.8, 4) is 0 Å². The lowest BCUT2D eigenvalue weighted by molar-refractivity contribution is -0.139. The maximum atomic E-state index is 13.3. The van der Waals surface area contributed by atoms with Gasteiger partial charge in [0.2, 0.25) is 0 Å². The van der Waals surface area contributed by atoms with Gasteiger partial charge in [0.05, 0.1) is 5.57 Å². The summed E-state index contributed by atoms with van der Waals surface area (Å²) in [7, 11) is 0. The molecule has 0 N–H and O–H groups in total. The van der Waals surface area contributed by atoms with Crippen molar-refractivity contribution in [2.24, 2.45) is 0 Å². The number of hydrogen-bond acceptors (Lipinski definition) is 4. The summed E-state index contributed by atoms with van der Waals surface area (Å²) in [6.07, 6.45) is 0. The summed E-state index contributed by atoms with van der Waals surface area (Å²) in [6.45, 7) is 9.92. The maximum absolute atomic E-state index is 13.3. The third-order valence-corrected chi connectivity index (χ3v) is 5.89. The quantitative estimate of drug-likeness (QED) is 0.719. The van der Waals surface area contributed by atoms with Gasteiger partial charge in [0, 0.05) is 38.8 Å². The van der Waals surface area contributed by atoms with Gasteiger partial charge in [-0.05, 0) is 31.9 Å². The smallest absolute Gasteiger partial charge is 0.278 e. The third-order valence-electron chi connectivity index (χ3n) is 5.89. The molecule has 2 aliphatic rings. The van der Waals surface area contributed by atoms with Crippen molar-refractivity contribution in [1.29, 1.82) is 0 Å². The molecule has 5 heteroatoms. The topological polar surface area (TPSA) is 43.9 Å². The molecule has 2 amide bonds. The van der Waals surface area contributed by atoms with E-state index in [4.69, 9.17) is 0 Å². The number of piperazine rings is 1. The van der Waals surface area contributed by atoms with Gasteiger partial charge in [-0.3, -0.25) is 19.4 Å². The summed E-state index contributed by atoms with van der Waals surface area (Å²) in [5, 5.41) is 0. The van der Waals surface area contributed by atoms with Crippen molar-refractivity contribution in [1.82, 2.24) is 14.7 Å². The minimum Gasteiger partial charge on any atom is -0.364 e. The zero-order chi connectivity index (χ0) is 21.3. The van der Waals surface area contributed by atoms with E-state index in [1.165, 1.54) is 10.5 Å². The van der Waals surface area contributed by atoms with Crippen LogP contribution in [0, 0.1) is 6.92 Å². The van der Waals surface area contributed by atoms with Gasteiger partial charge in [0.25, 0.3) is 11.8 Å². The van der Waals surface area contributed by atoms with Gasteiger partial charge in [-0.25, -0.2) is 0 Å². The second-order valence-corrected chi connectivity index (χ2v) is 8.41. The number of carbonyl (C=O) groups excluding carboxylic acids is 2. The van der Waals surface area contributed by atoms with Crippen molar-refractivity contribution in [3.63, 3.8) is 0 Å². The van der Waals surface area contributed by atoms with Crippen molar-refractivity contribution < 1.29 is 9.59 Å². The second-order valence-electron chi connectivity index (χ2n) is 8.41. The molecule has 0 unspecified atom stereocenters. The Morgan fingerprint density at radius 3 is 2.07 bits per heavy atom. The first-order valence-electron chi connectivity index (χ1n) is 10.7. The molecule has 2 aromatic rings. The summed E-state index contributed by atoms with van der Waals surface area (Å²) >= 11 is 0. The van der Waals surface area contributed by atoms with Crippen LogP contribution in [0.1, 0.15) is 30.5 Å². The summed E-state index contributed by atoms with van der Waals surface area (Å²) in [4.78, 5) is 32.4. The van der Waals surface area contributed by atoms with E-state index in [9.17, 15) is 9.59 Å². The summed E-state index contributed by atoms with van der Waals surface area (Å²) in [6, 6.07) is 18.2. The van der Waals surface area contributed by atoms with Crippen LogP contribution in [0.2, 0.25) is 0 Å². The summed E-state index contributed by atoms with van der Waals surface area (Å²) in [5.41, 5.74) is 4.36. The van der Waals surface area contributed by atoms with E-state index in [1.54, 1.807) is 0 Å². The molecular formula is C25H29N3O2. The van der Waals surface area contributed by atoms with Crippen LogP contribution in [0.5, 0.6) is 0 Å². The lowest BCUT2D eigenvalue weighted by atomic mass is 10.0. The predicted molar refractivity (Wildman–Crippen MR) is 118 cm³/mol. The van der Waals surface area contributed by atoms with Crippen LogP contribution in [-0.2, 0) is 16.1 Å². The number of amides is 2. The molecule has 0 aliphatic carbocycles. The fourth-order valence-corrected chi connectivity index (χ4v) is 4.25. The Morgan fingerprint density at radius 1 is 0.833 bits per heavy atom. The van der Waals surface area contributed by atoms with E-state index >= 15 is 0 Å². The Morgan fingerprint density at radius 2 is 1.47 bits per heavy atom. The molecule has 0 spiro atoms. The minimum atomic E-state index is -0.180. The van der Waals surface area contributed by atoms with Crippen molar-refractivity contribution in [2.45, 2.75) is 33.4 Å². The molecule has 0 bridgehead atoms. The highest BCUT2D eigenvalue weighted by molar-refractivity contribution is 6.35. The summed E-state index contributed by atoms with van der Waals surface area (Å²) in [5.74, 6) is -0.345. The standard InChI is InChI=1S/C25H29N3O2/c1-18(2)28-24(29)22(21-11-9-19(3)10-12-21)23(25(28)30)27-15-13-26(14-16-27)17-20-7-5-4-6-8-20/h4-12,18H,13-17H2,1-3H3. The molecule has 1 fully saturated rings. The highest BCUT2D eigenvalue weighted by atomic mass is 16.2. The molecule has 0 atom stereocenters. The third kappa shape index (κ3) is 3.90. The number of rotatable bonds is 5. The van der Waals surface area contributed by atoms with Crippen LogP contribution in [-0.4, -0.2) is 58.7 Å². The van der Waals surface area contributed by atoms with Gasteiger partial charge in [-0.15, -0.1) is 0 Å². The highest BCUT2D eigenvalue weighted by Gasteiger charge is 2.43. The van der Waals surface area contributed by atoms with Crippen LogP contribution in [0.4, 0.5) is 0 Å². The van der Waals surface area contributed by atoms with Crippen LogP contribution < -0.4 is 0 Å². The first kappa shape index (κ1) is 20.4. The van der Waals surface area contributed by atoms with Crippen LogP contribution >= 0.6 is 0 Å². The summed E-state index contributed by atoms with van der Waals surface area (Å²) < 4.78 is 0. The molecular weight excluding hydrogens is 374 g/mol. The Hall–Kier alpha value is -2.92. The Kier molecular flexibility index (Phi) is 5.73. The molecule has 0 saturated carbocycles. The van der Waals surface area contributed by atoms with E-state index < -0.39 is 0 Å². The first-order chi connectivity index (χ1) is 14.5. The van der Waals surface area contributed by atoms with Gasteiger partial charge in [0.15, 0.2) is 0 Å². The van der Waals surface area contributed by atoms with E-state index in [1.807, 2.05) is 51.1 Å². The lowest BCUT2D eigenvalue weighted by Gasteiger charge is -2.36. The molecule has 1 saturated heterocycles. The van der Waals surface area contributed by atoms with E-state index in [-0.39, 0.29) is 17.9 Å². The fourth-order valence-electron chi connectivity index (χ4n) is 4.25. The molecule has 2 aliphatic heterocycles. The molecule has 2 aromatic carbocycles. The number of benzene rings is 2. The highest BCUT2D eigenvalue weighted by Crippen LogP contribution is 2.33. The maximum Gasteiger partial charge on any atom is 0.278 e. The predicted octanol–water partition coefficient (Wildman–Crippen LogP) is 3.30. The number of carbonyl (C=O) groups is 2. The molecule has 30 heavy (non-hydrogen) atoms. The molecule has 0 aromatic heterocycles. The molecule has 5 nitrogen and oxygen atoms in total. The number of imide groups is 1. The lowest BCUT2D eigenvalue weighted by Crippen LogP contribution is -2.47. The zero-order valence-corrected chi connectivity index (χ0v) is 18.0. The first-order valence-corrected chi connectivity index (χ1v) is 10.7. The van der Waals surface area contributed by atoms with Crippen molar-refractivity contribution >= 4 is 17.4 Å². The van der Waals surface area contributed by atoms with Crippen LogP contribution in [0.15, 0.2) is 60.3 Å². The fraction of sp³-hybridized carbons (Fsp3) is 0.360. The van der Waals surface area contributed by atoms with Gasteiger partial charge in [0.1, 0.15) is 5.70 Å². The van der Waals surface area contributed by atoms with Crippen molar-refractivity contribution in [2.75, 3.05) is 26.2 Å². The SMILES string of the molecule is Cc1ccc(C2=C(N3CCN(Cc4ccccc4)CC3)C(=O)N(C(C)C)C2=O)cc1.